The first-order chi connectivity index (χ1) is 9.72. The molecule has 3 nitrogen and oxygen atoms in total. The minimum atomic E-state index is 0.546. The lowest BCUT2D eigenvalue weighted by molar-refractivity contribution is 0.187. The van der Waals surface area contributed by atoms with Gasteiger partial charge in [-0.05, 0) is 24.3 Å². The van der Waals surface area contributed by atoms with E-state index in [1.54, 1.807) is 0 Å². The summed E-state index contributed by atoms with van der Waals surface area (Å²) in [5.74, 6) is 3.20. The van der Waals surface area contributed by atoms with Gasteiger partial charge in [0.25, 0.3) is 0 Å². The fourth-order valence-electron chi connectivity index (χ4n) is 3.55. The van der Waals surface area contributed by atoms with Gasteiger partial charge in [-0.3, -0.25) is 4.98 Å². The molecule has 0 amide bonds. The molecule has 0 aromatic carbocycles. The molecule has 4 heteroatoms. The Morgan fingerprint density at radius 3 is 3.00 bits per heavy atom. The number of imidazole rings is 1. The van der Waals surface area contributed by atoms with E-state index in [1.807, 2.05) is 12.4 Å². The van der Waals surface area contributed by atoms with E-state index in [2.05, 4.69) is 29.5 Å². The molecule has 1 aliphatic rings. The molecule has 20 heavy (non-hydrogen) atoms. The maximum absolute atomic E-state index is 5.97. The number of hydrogen-bond acceptors (Lipinski definition) is 2. The molecule has 0 bridgehead atoms. The number of nitrogens with zero attached hydrogens (tertiary/aromatic N) is 3. The lowest BCUT2D eigenvalue weighted by Crippen LogP contribution is -2.28. The Morgan fingerprint density at radius 2 is 2.20 bits per heavy atom. The van der Waals surface area contributed by atoms with Crippen molar-refractivity contribution in [1.82, 2.24) is 14.5 Å². The molecule has 0 spiro atoms. The fraction of sp³-hybridized carbons (Fsp3) is 0.625. The average Bonchev–Trinajstić information content (AvgIpc) is 2.80. The monoisotopic (exact) mass is 291 g/mol. The van der Waals surface area contributed by atoms with Crippen LogP contribution in [0.2, 0.25) is 0 Å². The van der Waals surface area contributed by atoms with Crippen LogP contribution in [-0.2, 0) is 6.42 Å². The second-order valence-corrected chi connectivity index (χ2v) is 6.41. The number of hydrogen-bond donors (Lipinski definition) is 0. The summed E-state index contributed by atoms with van der Waals surface area (Å²) in [6.45, 7) is 4.75. The molecule has 2 aromatic rings. The molecule has 0 aliphatic heterocycles. The molecular weight excluding hydrogens is 270 g/mol. The van der Waals surface area contributed by atoms with Crippen LogP contribution in [0.15, 0.2) is 18.5 Å². The zero-order chi connectivity index (χ0) is 14.1. The van der Waals surface area contributed by atoms with Crippen LogP contribution in [0.5, 0.6) is 0 Å². The van der Waals surface area contributed by atoms with Gasteiger partial charge in [-0.1, -0.05) is 26.7 Å². The molecule has 2 aromatic heterocycles. The van der Waals surface area contributed by atoms with Crippen LogP contribution in [0.1, 0.15) is 45.0 Å². The molecule has 108 valence electrons. The fourth-order valence-corrected chi connectivity index (χ4v) is 3.72. The number of halogens is 1. The SMILES string of the molecule is CC1CCCC(n2c(CCCl)nc3cnccc32)C1C. The summed E-state index contributed by atoms with van der Waals surface area (Å²) < 4.78 is 2.44. The molecule has 1 aliphatic carbocycles. The molecule has 1 fully saturated rings. The number of fused-ring (bicyclic) bond motifs is 1. The van der Waals surface area contributed by atoms with Gasteiger partial charge in [0.2, 0.25) is 0 Å². The first-order valence-electron chi connectivity index (χ1n) is 7.59. The third-order valence-corrected chi connectivity index (χ3v) is 5.07. The number of pyridine rings is 1. The summed E-state index contributed by atoms with van der Waals surface area (Å²) >= 11 is 5.97. The lowest BCUT2D eigenvalue weighted by atomic mass is 9.78. The Balaban J connectivity index is 2.10. The molecule has 2 heterocycles. The van der Waals surface area contributed by atoms with Crippen LogP contribution < -0.4 is 0 Å². The summed E-state index contributed by atoms with van der Waals surface area (Å²) in [6.07, 6.45) is 8.45. The average molecular weight is 292 g/mol. The highest BCUT2D eigenvalue weighted by Gasteiger charge is 2.30. The predicted octanol–water partition coefficient (Wildman–Crippen LogP) is 4.21. The maximum Gasteiger partial charge on any atom is 0.111 e. The van der Waals surface area contributed by atoms with Gasteiger partial charge in [0.1, 0.15) is 11.3 Å². The third kappa shape index (κ3) is 2.32. The van der Waals surface area contributed by atoms with Crippen molar-refractivity contribution in [1.29, 1.82) is 0 Å². The minimum Gasteiger partial charge on any atom is -0.324 e. The molecular formula is C16H22ClN3. The van der Waals surface area contributed by atoms with E-state index in [1.165, 1.54) is 24.8 Å². The Bertz CT molecular complexity index is 592. The molecule has 0 radical (unpaired) electrons. The first-order valence-corrected chi connectivity index (χ1v) is 8.12. The maximum atomic E-state index is 5.97. The van der Waals surface area contributed by atoms with Gasteiger partial charge in [0, 0.05) is 24.5 Å². The van der Waals surface area contributed by atoms with E-state index in [0.29, 0.717) is 17.8 Å². The highest BCUT2D eigenvalue weighted by atomic mass is 35.5. The number of aromatic nitrogens is 3. The standard InChI is InChI=1S/C16H22ClN3/c1-11-4-3-5-14(12(11)2)20-15-7-9-18-10-13(15)19-16(20)6-8-17/h7,9-12,14H,3-6,8H2,1-2H3. The van der Waals surface area contributed by atoms with E-state index in [0.717, 1.165) is 23.7 Å². The van der Waals surface area contributed by atoms with Crippen molar-refractivity contribution >= 4 is 22.6 Å². The highest BCUT2D eigenvalue weighted by Crippen LogP contribution is 2.39. The second kappa shape index (κ2) is 5.72. The van der Waals surface area contributed by atoms with Gasteiger partial charge in [-0.2, -0.15) is 0 Å². The van der Waals surface area contributed by atoms with Gasteiger partial charge in [-0.15, -0.1) is 11.6 Å². The molecule has 0 saturated heterocycles. The van der Waals surface area contributed by atoms with Gasteiger partial charge in [-0.25, -0.2) is 4.98 Å². The van der Waals surface area contributed by atoms with Crippen molar-refractivity contribution in [2.75, 3.05) is 5.88 Å². The van der Waals surface area contributed by atoms with E-state index in [9.17, 15) is 0 Å². The van der Waals surface area contributed by atoms with Gasteiger partial charge < -0.3 is 4.57 Å². The first kappa shape index (κ1) is 13.9. The number of aryl methyl sites for hydroxylation is 1. The Morgan fingerprint density at radius 1 is 1.35 bits per heavy atom. The van der Waals surface area contributed by atoms with Crippen molar-refractivity contribution < 1.29 is 0 Å². The molecule has 1 saturated carbocycles. The van der Waals surface area contributed by atoms with E-state index < -0.39 is 0 Å². The second-order valence-electron chi connectivity index (χ2n) is 6.04. The van der Waals surface area contributed by atoms with Crippen LogP contribution in [-0.4, -0.2) is 20.4 Å². The Labute approximate surface area is 125 Å². The van der Waals surface area contributed by atoms with Gasteiger partial charge in [0.15, 0.2) is 0 Å². The van der Waals surface area contributed by atoms with Crippen LogP contribution in [0.4, 0.5) is 0 Å². The van der Waals surface area contributed by atoms with E-state index in [-0.39, 0.29) is 0 Å². The summed E-state index contributed by atoms with van der Waals surface area (Å²) in [5.41, 5.74) is 2.21. The van der Waals surface area contributed by atoms with Crippen molar-refractivity contribution in [3.63, 3.8) is 0 Å². The summed E-state index contributed by atoms with van der Waals surface area (Å²) in [5, 5.41) is 0. The molecule has 3 unspecified atom stereocenters. The Hall–Kier alpha value is -1.09. The molecule has 3 rings (SSSR count). The van der Waals surface area contributed by atoms with Crippen molar-refractivity contribution in [3.8, 4) is 0 Å². The van der Waals surface area contributed by atoms with E-state index in [4.69, 9.17) is 16.6 Å². The van der Waals surface area contributed by atoms with Gasteiger partial charge >= 0.3 is 0 Å². The molecule has 0 N–H and O–H groups in total. The quantitative estimate of drug-likeness (QED) is 0.793. The van der Waals surface area contributed by atoms with Crippen LogP contribution >= 0.6 is 11.6 Å². The van der Waals surface area contributed by atoms with Gasteiger partial charge in [0.05, 0.1) is 11.7 Å². The number of alkyl halides is 1. The van der Waals surface area contributed by atoms with Crippen LogP contribution in [0.25, 0.3) is 11.0 Å². The van der Waals surface area contributed by atoms with Crippen LogP contribution in [0, 0.1) is 11.8 Å². The van der Waals surface area contributed by atoms with Crippen LogP contribution in [0.3, 0.4) is 0 Å². The van der Waals surface area contributed by atoms with Crippen molar-refractivity contribution in [2.45, 2.75) is 45.6 Å². The number of rotatable bonds is 3. The summed E-state index contributed by atoms with van der Waals surface area (Å²) in [4.78, 5) is 8.95. The zero-order valence-electron chi connectivity index (χ0n) is 12.2. The largest absolute Gasteiger partial charge is 0.324 e. The highest BCUT2D eigenvalue weighted by molar-refractivity contribution is 6.17. The normalized spacial score (nSPS) is 27.1. The third-order valence-electron chi connectivity index (χ3n) is 4.88. The summed E-state index contributed by atoms with van der Waals surface area (Å²) in [7, 11) is 0. The predicted molar refractivity (Wildman–Crippen MR) is 83.2 cm³/mol. The molecule has 3 atom stereocenters. The minimum absolute atomic E-state index is 0.546. The topological polar surface area (TPSA) is 30.7 Å². The van der Waals surface area contributed by atoms with E-state index >= 15 is 0 Å². The van der Waals surface area contributed by atoms with Crippen molar-refractivity contribution in [2.24, 2.45) is 11.8 Å². The lowest BCUT2D eigenvalue weighted by Gasteiger charge is -2.36. The smallest absolute Gasteiger partial charge is 0.111 e. The zero-order valence-corrected chi connectivity index (χ0v) is 13.0. The summed E-state index contributed by atoms with van der Waals surface area (Å²) in [6, 6.07) is 2.64. The van der Waals surface area contributed by atoms with Crippen molar-refractivity contribution in [3.05, 3.63) is 24.3 Å². The Kier molecular flexibility index (Phi) is 3.97.